The number of benzene rings is 3. The van der Waals surface area contributed by atoms with Gasteiger partial charge in [-0.1, -0.05) is 48.5 Å². The summed E-state index contributed by atoms with van der Waals surface area (Å²) in [5.41, 5.74) is 2.56. The molecule has 0 bridgehead atoms. The highest BCUT2D eigenvalue weighted by molar-refractivity contribution is 5.91. The Morgan fingerprint density at radius 1 is 0.848 bits per heavy atom. The van der Waals surface area contributed by atoms with Crippen molar-refractivity contribution >= 4 is 28.3 Å². The Labute approximate surface area is 192 Å². The average molecular weight is 440 g/mol. The van der Waals surface area contributed by atoms with Crippen molar-refractivity contribution in [2.24, 2.45) is 0 Å². The van der Waals surface area contributed by atoms with Crippen LogP contribution in [-0.2, 0) is 0 Å². The molecule has 7 heteroatoms. The van der Waals surface area contributed by atoms with Crippen LogP contribution in [-0.4, -0.2) is 54.4 Å². The van der Waals surface area contributed by atoms with E-state index in [1.807, 2.05) is 48.5 Å². The largest absolute Gasteiger partial charge is 0.495 e. The molecule has 5 rings (SSSR count). The number of urea groups is 1. The Kier molecular flexibility index (Phi) is 5.76. The van der Waals surface area contributed by atoms with E-state index in [0.29, 0.717) is 37.6 Å². The fourth-order valence-corrected chi connectivity index (χ4v) is 4.08. The van der Waals surface area contributed by atoms with Gasteiger partial charge in [-0.3, -0.25) is 0 Å². The SMILES string of the molecule is COc1ccccc1NC(=O)N1CCN(c2ccc(-c3ccc4ccccc4c3)nn2)CC1. The van der Waals surface area contributed by atoms with Crippen molar-refractivity contribution < 1.29 is 9.53 Å². The second kappa shape index (κ2) is 9.16. The molecule has 2 amide bonds. The number of aromatic nitrogens is 2. The minimum Gasteiger partial charge on any atom is -0.495 e. The van der Waals surface area contributed by atoms with Gasteiger partial charge in [0, 0.05) is 31.7 Å². The average Bonchev–Trinajstić information content (AvgIpc) is 2.89. The predicted octanol–water partition coefficient (Wildman–Crippen LogP) is 4.66. The maximum absolute atomic E-state index is 12.7. The first-order valence-corrected chi connectivity index (χ1v) is 11.0. The van der Waals surface area contributed by atoms with Crippen molar-refractivity contribution in [3.05, 3.63) is 78.9 Å². The van der Waals surface area contributed by atoms with Crippen molar-refractivity contribution in [3.63, 3.8) is 0 Å². The Morgan fingerprint density at radius 3 is 2.36 bits per heavy atom. The van der Waals surface area contributed by atoms with Crippen LogP contribution in [0.15, 0.2) is 78.9 Å². The number of piperazine rings is 1. The van der Waals surface area contributed by atoms with E-state index < -0.39 is 0 Å². The van der Waals surface area contributed by atoms with Gasteiger partial charge in [-0.25, -0.2) is 4.79 Å². The Hall–Kier alpha value is -4.13. The summed E-state index contributed by atoms with van der Waals surface area (Å²) in [4.78, 5) is 16.6. The van der Waals surface area contributed by atoms with Crippen molar-refractivity contribution in [3.8, 4) is 17.0 Å². The van der Waals surface area contributed by atoms with Crippen molar-refractivity contribution in [1.29, 1.82) is 0 Å². The zero-order valence-electron chi connectivity index (χ0n) is 18.4. The van der Waals surface area contributed by atoms with Crippen molar-refractivity contribution in [2.75, 3.05) is 43.5 Å². The zero-order valence-corrected chi connectivity index (χ0v) is 18.4. The Balaban J connectivity index is 1.21. The number of fused-ring (bicyclic) bond motifs is 1. The summed E-state index contributed by atoms with van der Waals surface area (Å²) in [5.74, 6) is 1.47. The van der Waals surface area contributed by atoms with Crippen LogP contribution in [0.25, 0.3) is 22.0 Å². The highest BCUT2D eigenvalue weighted by Crippen LogP contribution is 2.25. The molecule has 7 nitrogen and oxygen atoms in total. The standard InChI is InChI=1S/C26H25N5O2/c1-33-24-9-5-4-8-23(24)27-26(32)31-16-14-30(15-17-31)25-13-12-22(28-29-25)21-11-10-19-6-2-3-7-20(19)18-21/h2-13,18H,14-17H2,1H3,(H,27,32). The first kappa shape index (κ1) is 20.8. The lowest BCUT2D eigenvalue weighted by molar-refractivity contribution is 0.208. The predicted molar refractivity (Wildman–Crippen MR) is 131 cm³/mol. The lowest BCUT2D eigenvalue weighted by Crippen LogP contribution is -2.50. The van der Waals surface area contributed by atoms with E-state index in [1.54, 1.807) is 12.0 Å². The van der Waals surface area contributed by atoms with Crippen LogP contribution in [0.1, 0.15) is 0 Å². The topological polar surface area (TPSA) is 70.6 Å². The molecule has 2 heterocycles. The fraction of sp³-hybridized carbons (Fsp3) is 0.192. The molecule has 0 radical (unpaired) electrons. The molecule has 0 unspecified atom stereocenters. The molecule has 1 fully saturated rings. The molecule has 1 aliphatic rings. The van der Waals surface area contributed by atoms with Crippen LogP contribution in [0, 0.1) is 0 Å². The second-order valence-electron chi connectivity index (χ2n) is 7.94. The third-order valence-electron chi connectivity index (χ3n) is 5.94. The highest BCUT2D eigenvalue weighted by Gasteiger charge is 2.23. The van der Waals surface area contributed by atoms with Gasteiger partial charge in [0.15, 0.2) is 5.82 Å². The number of carbonyl (C=O) groups is 1. The summed E-state index contributed by atoms with van der Waals surface area (Å²) in [6, 6.07) is 25.9. The molecule has 0 saturated carbocycles. The van der Waals surface area contributed by atoms with E-state index in [4.69, 9.17) is 4.74 Å². The van der Waals surface area contributed by atoms with Gasteiger partial charge in [0.2, 0.25) is 0 Å². The molecule has 0 atom stereocenters. The molecule has 1 saturated heterocycles. The van der Waals surface area contributed by atoms with Gasteiger partial charge >= 0.3 is 6.03 Å². The number of amides is 2. The molecule has 1 aromatic heterocycles. The second-order valence-corrected chi connectivity index (χ2v) is 7.94. The quantitative estimate of drug-likeness (QED) is 0.501. The van der Waals surface area contributed by atoms with E-state index in [9.17, 15) is 4.79 Å². The van der Waals surface area contributed by atoms with Gasteiger partial charge in [0.05, 0.1) is 18.5 Å². The maximum atomic E-state index is 12.7. The lowest BCUT2D eigenvalue weighted by atomic mass is 10.1. The van der Waals surface area contributed by atoms with Crippen LogP contribution >= 0.6 is 0 Å². The number of methoxy groups -OCH3 is 1. The number of rotatable bonds is 4. The smallest absolute Gasteiger partial charge is 0.322 e. The zero-order chi connectivity index (χ0) is 22.6. The molecule has 0 aliphatic carbocycles. The van der Waals surface area contributed by atoms with E-state index in [2.05, 4.69) is 50.7 Å². The van der Waals surface area contributed by atoms with Crippen molar-refractivity contribution in [1.82, 2.24) is 15.1 Å². The third-order valence-corrected chi connectivity index (χ3v) is 5.94. The number of nitrogens with one attached hydrogen (secondary N) is 1. The molecule has 1 N–H and O–H groups in total. The number of anilines is 2. The number of carbonyl (C=O) groups excluding carboxylic acids is 1. The minimum atomic E-state index is -0.128. The first-order valence-electron chi connectivity index (χ1n) is 11.0. The number of hydrogen-bond donors (Lipinski definition) is 1. The minimum absolute atomic E-state index is 0.128. The Bertz CT molecular complexity index is 1270. The lowest BCUT2D eigenvalue weighted by Gasteiger charge is -2.35. The van der Waals surface area contributed by atoms with E-state index >= 15 is 0 Å². The molecule has 4 aromatic rings. The maximum Gasteiger partial charge on any atom is 0.322 e. The van der Waals surface area contributed by atoms with E-state index in [0.717, 1.165) is 17.1 Å². The highest BCUT2D eigenvalue weighted by atomic mass is 16.5. The van der Waals surface area contributed by atoms with Crippen LogP contribution in [0.3, 0.4) is 0 Å². The van der Waals surface area contributed by atoms with Crippen LogP contribution < -0.4 is 15.0 Å². The summed E-state index contributed by atoms with van der Waals surface area (Å²) in [6.45, 7) is 2.61. The summed E-state index contributed by atoms with van der Waals surface area (Å²) in [6.07, 6.45) is 0. The van der Waals surface area contributed by atoms with Gasteiger partial charge < -0.3 is 19.9 Å². The number of para-hydroxylation sites is 2. The number of ether oxygens (including phenoxy) is 1. The van der Waals surface area contributed by atoms with Crippen LogP contribution in [0.5, 0.6) is 5.75 Å². The summed E-state index contributed by atoms with van der Waals surface area (Å²) in [5, 5.41) is 14.3. The number of nitrogens with zero attached hydrogens (tertiary/aromatic N) is 4. The molecule has 3 aromatic carbocycles. The molecule has 166 valence electrons. The summed E-state index contributed by atoms with van der Waals surface area (Å²) < 4.78 is 5.31. The molecular weight excluding hydrogens is 414 g/mol. The number of hydrogen-bond acceptors (Lipinski definition) is 5. The summed E-state index contributed by atoms with van der Waals surface area (Å²) >= 11 is 0. The Morgan fingerprint density at radius 2 is 1.61 bits per heavy atom. The fourth-order valence-electron chi connectivity index (χ4n) is 4.08. The monoisotopic (exact) mass is 439 g/mol. The molecule has 1 aliphatic heterocycles. The van der Waals surface area contributed by atoms with Gasteiger partial charge in [-0.2, -0.15) is 0 Å². The third kappa shape index (κ3) is 4.43. The van der Waals surface area contributed by atoms with Crippen LogP contribution in [0.4, 0.5) is 16.3 Å². The van der Waals surface area contributed by atoms with Crippen molar-refractivity contribution in [2.45, 2.75) is 0 Å². The van der Waals surface area contributed by atoms with Gasteiger partial charge in [-0.15, -0.1) is 10.2 Å². The van der Waals surface area contributed by atoms with Gasteiger partial charge in [-0.05, 0) is 41.1 Å². The molecular formula is C26H25N5O2. The first-order chi connectivity index (χ1) is 16.2. The van der Waals surface area contributed by atoms with E-state index in [1.165, 1.54) is 10.8 Å². The molecule has 0 spiro atoms. The van der Waals surface area contributed by atoms with Crippen LogP contribution in [0.2, 0.25) is 0 Å². The van der Waals surface area contributed by atoms with Gasteiger partial charge in [0.1, 0.15) is 5.75 Å². The van der Waals surface area contributed by atoms with Gasteiger partial charge in [0.25, 0.3) is 0 Å². The summed E-state index contributed by atoms with van der Waals surface area (Å²) in [7, 11) is 1.59. The normalized spacial score (nSPS) is 13.7. The van der Waals surface area contributed by atoms with E-state index in [-0.39, 0.29) is 6.03 Å². The molecule has 33 heavy (non-hydrogen) atoms.